The van der Waals surface area contributed by atoms with Crippen LogP contribution in [-0.2, 0) is 0 Å². The van der Waals surface area contributed by atoms with Crippen LogP contribution >= 0.6 is 11.3 Å². The maximum absolute atomic E-state index is 12.4. The second-order valence-electron chi connectivity index (χ2n) is 5.89. The number of rotatable bonds is 4. The highest BCUT2D eigenvalue weighted by molar-refractivity contribution is 7.11. The summed E-state index contributed by atoms with van der Waals surface area (Å²) in [4.78, 5) is 21.6. The van der Waals surface area contributed by atoms with Crippen molar-refractivity contribution in [2.75, 3.05) is 31.6 Å². The molecule has 22 heavy (non-hydrogen) atoms. The lowest BCUT2D eigenvalue weighted by Gasteiger charge is -2.22. The highest BCUT2D eigenvalue weighted by Gasteiger charge is 2.26. The molecule has 0 radical (unpaired) electrons. The van der Waals surface area contributed by atoms with Crippen LogP contribution in [0.5, 0.6) is 0 Å². The molecule has 1 aliphatic rings. The van der Waals surface area contributed by atoms with Gasteiger partial charge < -0.3 is 9.80 Å². The number of nitrogens with zero attached hydrogens (tertiary/aromatic N) is 3. The third kappa shape index (κ3) is 3.14. The fraction of sp³-hybridized carbons (Fsp3) is 0.412. The molecular formula is C17H21N3OS. The van der Waals surface area contributed by atoms with Gasteiger partial charge in [-0.25, -0.2) is 4.98 Å². The van der Waals surface area contributed by atoms with Crippen LogP contribution in [0.3, 0.4) is 0 Å². The molecule has 1 aliphatic heterocycles. The summed E-state index contributed by atoms with van der Waals surface area (Å²) >= 11 is 1.43. The summed E-state index contributed by atoms with van der Waals surface area (Å²) in [5.41, 5.74) is 3.85. The number of aryl methyl sites for hydroxylation is 1. The van der Waals surface area contributed by atoms with Crippen LogP contribution in [0.1, 0.15) is 21.8 Å². The fourth-order valence-electron chi connectivity index (χ4n) is 3.01. The van der Waals surface area contributed by atoms with Gasteiger partial charge in [0.05, 0.1) is 11.2 Å². The molecule has 1 atom stereocenters. The lowest BCUT2D eigenvalue weighted by molar-refractivity contribution is 0.0780. The molecule has 0 spiro atoms. The quantitative estimate of drug-likeness (QED) is 0.870. The van der Waals surface area contributed by atoms with Gasteiger partial charge in [-0.15, -0.1) is 11.3 Å². The smallest absolute Gasteiger partial charge is 0.265 e. The average Bonchev–Trinajstić information content (AvgIpc) is 3.16. The van der Waals surface area contributed by atoms with Crippen molar-refractivity contribution in [3.05, 3.63) is 46.4 Å². The molecular weight excluding hydrogens is 294 g/mol. The number of thiazole rings is 1. The molecule has 1 aromatic heterocycles. The minimum absolute atomic E-state index is 0.0955. The summed E-state index contributed by atoms with van der Waals surface area (Å²) in [6.45, 7) is 4.78. The molecule has 116 valence electrons. The Bertz CT molecular complexity index is 640. The molecule has 1 fully saturated rings. The summed E-state index contributed by atoms with van der Waals surface area (Å²) in [7, 11) is 1.90. The normalized spacial score (nSPS) is 17.7. The van der Waals surface area contributed by atoms with Gasteiger partial charge in [0.25, 0.3) is 5.91 Å². The molecule has 0 N–H and O–H groups in total. The summed E-state index contributed by atoms with van der Waals surface area (Å²) in [5, 5.41) is 0. The number of hydrogen-bond acceptors (Lipinski definition) is 4. The van der Waals surface area contributed by atoms with Crippen molar-refractivity contribution < 1.29 is 4.79 Å². The zero-order valence-electron chi connectivity index (χ0n) is 13.0. The standard InChI is InChI=1S/C17H21N3OS/c1-13-16(22-12-18-13)17(21)19(2)10-14-8-9-20(11-14)15-6-4-3-5-7-15/h3-7,12,14H,8-11H2,1-2H3. The van der Waals surface area contributed by atoms with Crippen molar-refractivity contribution in [1.82, 2.24) is 9.88 Å². The number of aromatic nitrogens is 1. The van der Waals surface area contributed by atoms with E-state index in [1.807, 2.05) is 24.9 Å². The molecule has 1 aromatic carbocycles. The van der Waals surface area contributed by atoms with Gasteiger partial charge in [0, 0.05) is 32.4 Å². The number of anilines is 1. The van der Waals surface area contributed by atoms with Gasteiger partial charge in [-0.05, 0) is 31.4 Å². The second kappa shape index (κ2) is 6.48. The summed E-state index contributed by atoms with van der Waals surface area (Å²) < 4.78 is 0. The summed E-state index contributed by atoms with van der Waals surface area (Å²) in [6.07, 6.45) is 1.13. The van der Waals surface area contributed by atoms with Crippen LogP contribution < -0.4 is 4.90 Å². The Morgan fingerprint density at radius 3 is 2.86 bits per heavy atom. The molecule has 3 rings (SSSR count). The third-order valence-corrected chi connectivity index (χ3v) is 5.14. The monoisotopic (exact) mass is 315 g/mol. The van der Waals surface area contributed by atoms with Crippen LogP contribution in [0.2, 0.25) is 0 Å². The number of carbonyl (C=O) groups excluding carboxylic acids is 1. The van der Waals surface area contributed by atoms with E-state index in [0.717, 1.165) is 36.6 Å². The van der Waals surface area contributed by atoms with Crippen LogP contribution in [0.15, 0.2) is 35.8 Å². The van der Waals surface area contributed by atoms with Crippen LogP contribution in [0.25, 0.3) is 0 Å². The number of benzene rings is 1. The fourth-order valence-corrected chi connectivity index (χ4v) is 3.80. The number of hydrogen-bond donors (Lipinski definition) is 0. The maximum Gasteiger partial charge on any atom is 0.265 e. The van der Waals surface area contributed by atoms with Gasteiger partial charge in [-0.2, -0.15) is 0 Å². The van der Waals surface area contributed by atoms with E-state index < -0.39 is 0 Å². The third-order valence-electron chi connectivity index (χ3n) is 4.23. The van der Waals surface area contributed by atoms with Gasteiger partial charge in [-0.1, -0.05) is 18.2 Å². The van der Waals surface area contributed by atoms with Crippen molar-refractivity contribution in [3.8, 4) is 0 Å². The van der Waals surface area contributed by atoms with Gasteiger partial charge in [0.2, 0.25) is 0 Å². The molecule has 5 heteroatoms. The van der Waals surface area contributed by atoms with Crippen molar-refractivity contribution in [2.24, 2.45) is 5.92 Å². The van der Waals surface area contributed by atoms with Crippen molar-refractivity contribution in [1.29, 1.82) is 0 Å². The van der Waals surface area contributed by atoms with E-state index >= 15 is 0 Å². The maximum atomic E-state index is 12.4. The molecule has 1 amide bonds. The van der Waals surface area contributed by atoms with Crippen LogP contribution in [-0.4, -0.2) is 42.5 Å². The minimum Gasteiger partial charge on any atom is -0.371 e. The van der Waals surface area contributed by atoms with E-state index in [9.17, 15) is 4.79 Å². The van der Waals surface area contributed by atoms with Crippen LogP contribution in [0.4, 0.5) is 5.69 Å². The zero-order valence-corrected chi connectivity index (χ0v) is 13.8. The highest BCUT2D eigenvalue weighted by Crippen LogP contribution is 2.24. The first-order valence-electron chi connectivity index (χ1n) is 7.60. The van der Waals surface area contributed by atoms with E-state index in [1.54, 1.807) is 5.51 Å². The van der Waals surface area contributed by atoms with E-state index in [-0.39, 0.29) is 5.91 Å². The zero-order chi connectivity index (χ0) is 15.5. The second-order valence-corrected chi connectivity index (χ2v) is 6.74. The lowest BCUT2D eigenvalue weighted by Crippen LogP contribution is -2.33. The molecule has 2 heterocycles. The van der Waals surface area contributed by atoms with E-state index in [4.69, 9.17) is 0 Å². The Morgan fingerprint density at radius 1 is 1.41 bits per heavy atom. The SMILES string of the molecule is Cc1ncsc1C(=O)N(C)CC1CCN(c2ccccc2)C1. The Labute approximate surface area is 135 Å². The predicted molar refractivity (Wildman–Crippen MR) is 90.6 cm³/mol. The minimum atomic E-state index is 0.0955. The first-order chi connectivity index (χ1) is 10.6. The molecule has 1 saturated heterocycles. The lowest BCUT2D eigenvalue weighted by atomic mass is 10.1. The topological polar surface area (TPSA) is 36.4 Å². The largest absolute Gasteiger partial charge is 0.371 e. The van der Waals surface area contributed by atoms with Crippen molar-refractivity contribution >= 4 is 22.9 Å². The van der Waals surface area contributed by atoms with Gasteiger partial charge in [0.1, 0.15) is 4.88 Å². The van der Waals surface area contributed by atoms with E-state index in [0.29, 0.717) is 5.92 Å². The summed E-state index contributed by atoms with van der Waals surface area (Å²) in [5.74, 6) is 0.626. The number of carbonyl (C=O) groups is 1. The Hall–Kier alpha value is -1.88. The van der Waals surface area contributed by atoms with E-state index in [1.165, 1.54) is 17.0 Å². The van der Waals surface area contributed by atoms with Crippen LogP contribution in [0, 0.1) is 12.8 Å². The Kier molecular flexibility index (Phi) is 4.43. The molecule has 0 saturated carbocycles. The first-order valence-corrected chi connectivity index (χ1v) is 8.48. The highest BCUT2D eigenvalue weighted by atomic mass is 32.1. The number of amides is 1. The summed E-state index contributed by atoms with van der Waals surface area (Å²) in [6, 6.07) is 10.5. The van der Waals surface area contributed by atoms with Crippen molar-refractivity contribution in [2.45, 2.75) is 13.3 Å². The number of para-hydroxylation sites is 1. The van der Waals surface area contributed by atoms with Crippen molar-refractivity contribution in [3.63, 3.8) is 0 Å². The first kappa shape index (κ1) is 15.0. The Balaban J connectivity index is 1.58. The molecule has 2 aromatic rings. The average molecular weight is 315 g/mol. The molecule has 0 aliphatic carbocycles. The molecule has 0 bridgehead atoms. The van der Waals surface area contributed by atoms with Gasteiger partial charge in [0.15, 0.2) is 0 Å². The van der Waals surface area contributed by atoms with Gasteiger partial charge >= 0.3 is 0 Å². The Morgan fingerprint density at radius 2 is 2.18 bits per heavy atom. The van der Waals surface area contributed by atoms with Gasteiger partial charge in [-0.3, -0.25) is 4.79 Å². The van der Waals surface area contributed by atoms with E-state index in [2.05, 4.69) is 34.1 Å². The molecule has 1 unspecified atom stereocenters. The molecule has 4 nitrogen and oxygen atoms in total. The predicted octanol–water partition coefficient (Wildman–Crippen LogP) is 3.05.